The molecule has 0 saturated heterocycles. The lowest BCUT2D eigenvalue weighted by atomic mass is 9.82. The molecule has 1 heterocycles. The molecule has 0 bridgehead atoms. The third-order valence-electron chi connectivity index (χ3n) is 3.43. The third-order valence-corrected chi connectivity index (χ3v) is 3.43. The first-order chi connectivity index (χ1) is 9.54. The Morgan fingerprint density at radius 2 is 2.05 bits per heavy atom. The van der Waals surface area contributed by atoms with Gasteiger partial charge in [-0.25, -0.2) is 4.79 Å². The number of urea groups is 1. The van der Waals surface area contributed by atoms with Gasteiger partial charge in [-0.15, -0.1) is 0 Å². The number of aliphatic carboxylic acids is 1. The molecule has 0 fully saturated rings. The maximum atomic E-state index is 11.6. The van der Waals surface area contributed by atoms with Crippen molar-refractivity contribution in [3.05, 3.63) is 12.2 Å². The molecule has 1 rings (SSSR count). The van der Waals surface area contributed by atoms with Crippen molar-refractivity contribution in [3.8, 4) is 0 Å². The third kappa shape index (κ3) is 4.22. The summed E-state index contributed by atoms with van der Waals surface area (Å²) in [4.78, 5) is 26.7. The van der Waals surface area contributed by atoms with Crippen LogP contribution < -0.4 is 10.6 Å². The molecule has 0 saturated carbocycles. The second-order valence-corrected chi connectivity index (χ2v) is 4.49. The van der Waals surface area contributed by atoms with Crippen molar-refractivity contribution in [3.63, 3.8) is 0 Å². The number of carbonyl (C=O) groups is 2. The van der Waals surface area contributed by atoms with Crippen molar-refractivity contribution in [1.82, 2.24) is 20.8 Å². The first-order valence-corrected chi connectivity index (χ1v) is 6.54. The van der Waals surface area contributed by atoms with Crippen molar-refractivity contribution in [2.75, 3.05) is 13.1 Å². The van der Waals surface area contributed by atoms with E-state index in [1.807, 2.05) is 0 Å². The summed E-state index contributed by atoms with van der Waals surface area (Å²) in [6.07, 6.45) is 2.64. The predicted octanol–water partition coefficient (Wildman–Crippen LogP) is 0.802. The molecule has 0 aliphatic carbocycles. The van der Waals surface area contributed by atoms with Gasteiger partial charge >= 0.3 is 12.0 Å². The molecule has 0 aliphatic rings. The Labute approximate surface area is 116 Å². The van der Waals surface area contributed by atoms with E-state index >= 15 is 0 Å². The molecule has 8 heteroatoms. The topological polar surface area (TPSA) is 117 Å². The van der Waals surface area contributed by atoms with Crippen LogP contribution >= 0.6 is 0 Å². The van der Waals surface area contributed by atoms with E-state index in [-0.39, 0.29) is 6.54 Å². The molecule has 0 radical (unpaired) electrons. The van der Waals surface area contributed by atoms with Crippen molar-refractivity contribution in [2.45, 2.75) is 33.1 Å². The summed E-state index contributed by atoms with van der Waals surface area (Å²) in [6.45, 7) is 4.04. The summed E-state index contributed by atoms with van der Waals surface area (Å²) >= 11 is 0. The molecule has 3 N–H and O–H groups in total. The number of hydrogen-bond acceptors (Lipinski definition) is 5. The summed E-state index contributed by atoms with van der Waals surface area (Å²) < 4.78 is 4.79. The van der Waals surface area contributed by atoms with Crippen LogP contribution in [-0.4, -0.2) is 40.3 Å². The van der Waals surface area contributed by atoms with Crippen LogP contribution in [0.4, 0.5) is 4.79 Å². The maximum Gasteiger partial charge on any atom is 0.314 e. The molecule has 0 unspecified atom stereocenters. The normalized spacial score (nSPS) is 11.1. The zero-order chi connectivity index (χ0) is 15.0. The first kappa shape index (κ1) is 15.9. The van der Waals surface area contributed by atoms with Gasteiger partial charge in [0, 0.05) is 19.5 Å². The molecule has 0 aliphatic heterocycles. The standard InChI is InChI=1S/C12H20N4O4/c1-3-12(4-2,10(17)18)7-14-11(19)13-6-5-9-15-8-16-20-9/h8H,3-7H2,1-2H3,(H,17,18)(H2,13,14,19). The molecule has 20 heavy (non-hydrogen) atoms. The Morgan fingerprint density at radius 1 is 1.35 bits per heavy atom. The Bertz CT molecular complexity index is 429. The molecule has 1 aromatic rings. The molecule has 0 aromatic carbocycles. The number of rotatable bonds is 8. The quantitative estimate of drug-likeness (QED) is 0.650. The Balaban J connectivity index is 2.33. The number of nitrogens with one attached hydrogen (secondary N) is 2. The van der Waals surface area contributed by atoms with E-state index in [1.54, 1.807) is 13.8 Å². The van der Waals surface area contributed by atoms with E-state index in [4.69, 9.17) is 4.52 Å². The molecule has 1 aromatic heterocycles. The first-order valence-electron chi connectivity index (χ1n) is 6.54. The lowest BCUT2D eigenvalue weighted by Crippen LogP contribution is -2.46. The average molecular weight is 284 g/mol. The van der Waals surface area contributed by atoms with E-state index in [0.717, 1.165) is 0 Å². The number of carboxylic acids is 1. The number of carbonyl (C=O) groups excluding carboxylic acids is 1. The average Bonchev–Trinajstić information content (AvgIpc) is 2.93. The second-order valence-electron chi connectivity index (χ2n) is 4.49. The minimum absolute atomic E-state index is 0.0989. The van der Waals surface area contributed by atoms with Gasteiger partial charge in [-0.2, -0.15) is 4.98 Å². The SMILES string of the molecule is CCC(CC)(CNC(=O)NCCc1ncno1)C(=O)O. The smallest absolute Gasteiger partial charge is 0.314 e. The number of hydrogen-bond donors (Lipinski definition) is 3. The Kier molecular flexibility index (Phi) is 5.95. The van der Waals surface area contributed by atoms with Crippen molar-refractivity contribution < 1.29 is 19.2 Å². The van der Waals surface area contributed by atoms with E-state index in [2.05, 4.69) is 20.8 Å². The van der Waals surface area contributed by atoms with Gasteiger partial charge in [-0.3, -0.25) is 4.79 Å². The summed E-state index contributed by atoms with van der Waals surface area (Å²) in [5.74, 6) is -0.457. The van der Waals surface area contributed by atoms with E-state index in [9.17, 15) is 14.7 Å². The minimum Gasteiger partial charge on any atom is -0.481 e. The van der Waals surface area contributed by atoms with Crippen LogP contribution in [0.25, 0.3) is 0 Å². The van der Waals surface area contributed by atoms with Crippen LogP contribution in [0.1, 0.15) is 32.6 Å². The predicted molar refractivity (Wildman–Crippen MR) is 70.1 cm³/mol. The van der Waals surface area contributed by atoms with Crippen LogP contribution in [0, 0.1) is 5.41 Å². The van der Waals surface area contributed by atoms with Crippen LogP contribution in [0.5, 0.6) is 0 Å². The van der Waals surface area contributed by atoms with E-state index in [1.165, 1.54) is 6.33 Å². The van der Waals surface area contributed by atoms with E-state index < -0.39 is 17.4 Å². The largest absolute Gasteiger partial charge is 0.481 e. The van der Waals surface area contributed by atoms with Gasteiger partial charge in [0.2, 0.25) is 5.89 Å². The number of carboxylic acid groups (broad SMARTS) is 1. The van der Waals surface area contributed by atoms with Gasteiger partial charge in [0.1, 0.15) is 0 Å². The number of amides is 2. The van der Waals surface area contributed by atoms with Gasteiger partial charge in [-0.05, 0) is 12.8 Å². The highest BCUT2D eigenvalue weighted by Crippen LogP contribution is 2.25. The fourth-order valence-corrected chi connectivity index (χ4v) is 1.78. The molecule has 2 amide bonds. The monoisotopic (exact) mass is 284 g/mol. The highest BCUT2D eigenvalue weighted by atomic mass is 16.5. The van der Waals surface area contributed by atoms with Crippen LogP contribution in [0.2, 0.25) is 0 Å². The zero-order valence-electron chi connectivity index (χ0n) is 11.7. The fraction of sp³-hybridized carbons (Fsp3) is 0.667. The van der Waals surface area contributed by atoms with Gasteiger partial charge in [0.25, 0.3) is 0 Å². The Hall–Kier alpha value is -2.12. The fourth-order valence-electron chi connectivity index (χ4n) is 1.78. The lowest BCUT2D eigenvalue weighted by Gasteiger charge is -2.26. The van der Waals surface area contributed by atoms with Crippen molar-refractivity contribution in [1.29, 1.82) is 0 Å². The number of nitrogens with zero attached hydrogens (tertiary/aromatic N) is 2. The van der Waals surface area contributed by atoms with Crippen molar-refractivity contribution in [2.24, 2.45) is 5.41 Å². The lowest BCUT2D eigenvalue weighted by molar-refractivity contribution is -0.149. The summed E-state index contributed by atoms with van der Waals surface area (Å²) in [5, 5.41) is 17.9. The van der Waals surface area contributed by atoms with Crippen LogP contribution in [-0.2, 0) is 11.2 Å². The van der Waals surface area contributed by atoms with Gasteiger partial charge in [-0.1, -0.05) is 19.0 Å². The molecule has 0 atom stereocenters. The van der Waals surface area contributed by atoms with Gasteiger partial charge in [0.15, 0.2) is 6.33 Å². The molecular formula is C12H20N4O4. The van der Waals surface area contributed by atoms with Crippen molar-refractivity contribution >= 4 is 12.0 Å². The van der Waals surface area contributed by atoms with Crippen LogP contribution in [0.3, 0.4) is 0 Å². The number of aromatic nitrogens is 2. The maximum absolute atomic E-state index is 11.6. The summed E-state index contributed by atoms with van der Waals surface area (Å²) in [7, 11) is 0. The van der Waals surface area contributed by atoms with Crippen LogP contribution in [0.15, 0.2) is 10.9 Å². The highest BCUT2D eigenvalue weighted by molar-refractivity contribution is 5.78. The molecular weight excluding hydrogens is 264 g/mol. The summed E-state index contributed by atoms with van der Waals surface area (Å²) in [6, 6.07) is -0.406. The molecule has 8 nitrogen and oxygen atoms in total. The summed E-state index contributed by atoms with van der Waals surface area (Å²) in [5.41, 5.74) is -0.913. The zero-order valence-corrected chi connectivity index (χ0v) is 11.7. The molecule has 112 valence electrons. The molecule has 0 spiro atoms. The van der Waals surface area contributed by atoms with Gasteiger partial charge < -0.3 is 20.3 Å². The highest BCUT2D eigenvalue weighted by Gasteiger charge is 2.35. The minimum atomic E-state index is -0.913. The second kappa shape index (κ2) is 7.46. The van der Waals surface area contributed by atoms with E-state index in [0.29, 0.717) is 31.7 Å². The van der Waals surface area contributed by atoms with Gasteiger partial charge in [0.05, 0.1) is 5.41 Å². The Morgan fingerprint density at radius 3 is 2.55 bits per heavy atom.